The van der Waals surface area contributed by atoms with Crippen LogP contribution < -0.4 is 15.4 Å². The van der Waals surface area contributed by atoms with Gasteiger partial charge in [-0.05, 0) is 33.0 Å². The molecule has 4 heteroatoms. The minimum Gasteiger partial charge on any atom is -0.489 e. The van der Waals surface area contributed by atoms with Gasteiger partial charge in [-0.25, -0.2) is 0 Å². The summed E-state index contributed by atoms with van der Waals surface area (Å²) >= 11 is 0. The third kappa shape index (κ3) is 3.39. The van der Waals surface area contributed by atoms with Crippen LogP contribution >= 0.6 is 0 Å². The lowest BCUT2D eigenvalue weighted by molar-refractivity contribution is 0.219. The molecule has 1 aromatic rings. The van der Waals surface area contributed by atoms with Crippen molar-refractivity contribution < 1.29 is 4.74 Å². The zero-order chi connectivity index (χ0) is 13.8. The Labute approximate surface area is 116 Å². The van der Waals surface area contributed by atoms with Crippen molar-refractivity contribution in [2.45, 2.75) is 26.0 Å². The van der Waals surface area contributed by atoms with Crippen molar-refractivity contribution in [2.75, 3.05) is 38.1 Å². The second-order valence-corrected chi connectivity index (χ2v) is 5.45. The first-order valence-corrected chi connectivity index (χ1v) is 7.02. The number of benzene rings is 1. The van der Waals surface area contributed by atoms with Crippen molar-refractivity contribution in [1.29, 1.82) is 0 Å². The van der Waals surface area contributed by atoms with Crippen LogP contribution in [-0.2, 0) is 0 Å². The van der Waals surface area contributed by atoms with Gasteiger partial charge in [-0.15, -0.1) is 0 Å². The quantitative estimate of drug-likeness (QED) is 0.895. The van der Waals surface area contributed by atoms with E-state index in [9.17, 15) is 0 Å². The summed E-state index contributed by atoms with van der Waals surface area (Å²) < 4.78 is 5.91. The Hall–Kier alpha value is -1.26. The Balaban J connectivity index is 2.17. The third-order valence-electron chi connectivity index (χ3n) is 3.62. The van der Waals surface area contributed by atoms with E-state index in [1.54, 1.807) is 0 Å². The molecule has 1 saturated heterocycles. The maximum atomic E-state index is 5.91. The molecule has 0 aromatic heterocycles. The molecule has 19 heavy (non-hydrogen) atoms. The maximum absolute atomic E-state index is 5.91. The lowest BCUT2D eigenvalue weighted by Crippen LogP contribution is -2.54. The van der Waals surface area contributed by atoms with Crippen LogP contribution in [0.15, 0.2) is 24.3 Å². The van der Waals surface area contributed by atoms with E-state index in [-0.39, 0.29) is 6.10 Å². The fourth-order valence-electron chi connectivity index (χ4n) is 2.49. The molecule has 1 fully saturated rings. The molecule has 2 rings (SSSR count). The molecule has 1 aromatic carbocycles. The van der Waals surface area contributed by atoms with Crippen LogP contribution in [-0.4, -0.2) is 50.3 Å². The number of para-hydroxylation sites is 2. The second-order valence-electron chi connectivity index (χ2n) is 5.45. The summed E-state index contributed by atoms with van der Waals surface area (Å²) in [5.74, 6) is 0.970. The lowest BCUT2D eigenvalue weighted by Gasteiger charge is -2.40. The van der Waals surface area contributed by atoms with Crippen LogP contribution in [0.1, 0.15) is 13.8 Å². The molecular weight excluding hydrogens is 238 g/mol. The Morgan fingerprint density at radius 1 is 1.32 bits per heavy atom. The van der Waals surface area contributed by atoms with Gasteiger partial charge >= 0.3 is 0 Å². The summed E-state index contributed by atoms with van der Waals surface area (Å²) in [6, 6.07) is 8.69. The van der Waals surface area contributed by atoms with Gasteiger partial charge in [0.05, 0.1) is 11.8 Å². The topological polar surface area (TPSA) is 41.7 Å². The number of ether oxygens (including phenoxy) is 1. The van der Waals surface area contributed by atoms with E-state index in [2.05, 4.69) is 42.8 Å². The molecule has 4 nitrogen and oxygen atoms in total. The Bertz CT molecular complexity index is 408. The standard InChI is InChI=1S/C15H25N3O/c1-12(2)19-15-7-5-4-6-14(15)18-9-8-17(3)13(10-16)11-18/h4-7,12-13H,8-11,16H2,1-3H3. The van der Waals surface area contributed by atoms with Crippen LogP contribution in [0, 0.1) is 0 Å². The number of hydrogen-bond acceptors (Lipinski definition) is 4. The van der Waals surface area contributed by atoms with Crippen molar-refractivity contribution >= 4 is 5.69 Å². The summed E-state index contributed by atoms with van der Waals surface area (Å²) in [6.07, 6.45) is 0.193. The molecule has 0 radical (unpaired) electrons. The predicted octanol–water partition coefficient (Wildman–Crippen LogP) is 1.55. The molecule has 0 saturated carbocycles. The second kappa shape index (κ2) is 6.26. The van der Waals surface area contributed by atoms with Crippen molar-refractivity contribution in [1.82, 2.24) is 4.90 Å². The number of nitrogens with zero attached hydrogens (tertiary/aromatic N) is 2. The Kier molecular flexibility index (Phi) is 4.66. The average molecular weight is 263 g/mol. The van der Waals surface area contributed by atoms with Crippen LogP contribution in [0.4, 0.5) is 5.69 Å². The smallest absolute Gasteiger partial charge is 0.142 e. The molecule has 1 atom stereocenters. The highest BCUT2D eigenvalue weighted by molar-refractivity contribution is 5.59. The Morgan fingerprint density at radius 2 is 2.05 bits per heavy atom. The van der Waals surface area contributed by atoms with Crippen molar-refractivity contribution in [3.05, 3.63) is 24.3 Å². The number of nitrogens with two attached hydrogens (primary N) is 1. The van der Waals surface area contributed by atoms with Crippen LogP contribution in [0.3, 0.4) is 0 Å². The average Bonchev–Trinajstić information content (AvgIpc) is 2.39. The van der Waals surface area contributed by atoms with E-state index in [4.69, 9.17) is 10.5 Å². The summed E-state index contributed by atoms with van der Waals surface area (Å²) in [7, 11) is 2.14. The number of rotatable bonds is 4. The molecule has 0 aliphatic carbocycles. The summed E-state index contributed by atoms with van der Waals surface area (Å²) in [4.78, 5) is 4.72. The normalized spacial score (nSPS) is 20.9. The zero-order valence-corrected chi connectivity index (χ0v) is 12.2. The molecule has 1 aliphatic rings. The highest BCUT2D eigenvalue weighted by Gasteiger charge is 2.24. The van der Waals surface area contributed by atoms with Crippen molar-refractivity contribution in [3.63, 3.8) is 0 Å². The molecule has 2 N–H and O–H groups in total. The van der Waals surface area contributed by atoms with E-state index in [1.807, 2.05) is 12.1 Å². The third-order valence-corrected chi connectivity index (χ3v) is 3.62. The van der Waals surface area contributed by atoms with Gasteiger partial charge in [-0.1, -0.05) is 12.1 Å². The summed E-state index contributed by atoms with van der Waals surface area (Å²) in [5.41, 5.74) is 7.04. The maximum Gasteiger partial charge on any atom is 0.142 e. The number of piperazine rings is 1. The highest BCUT2D eigenvalue weighted by atomic mass is 16.5. The molecule has 0 bridgehead atoms. The number of likely N-dealkylation sites (N-methyl/N-ethyl adjacent to an activating group) is 1. The van der Waals surface area contributed by atoms with Gasteiger partial charge in [0.15, 0.2) is 0 Å². The predicted molar refractivity (Wildman–Crippen MR) is 79.9 cm³/mol. The van der Waals surface area contributed by atoms with E-state index in [0.717, 1.165) is 25.4 Å². The van der Waals surface area contributed by atoms with Gasteiger partial charge in [0.25, 0.3) is 0 Å². The minimum absolute atomic E-state index is 0.193. The first-order chi connectivity index (χ1) is 9.11. The van der Waals surface area contributed by atoms with E-state index in [1.165, 1.54) is 5.69 Å². The minimum atomic E-state index is 0.193. The van der Waals surface area contributed by atoms with E-state index < -0.39 is 0 Å². The van der Waals surface area contributed by atoms with E-state index >= 15 is 0 Å². The Morgan fingerprint density at radius 3 is 2.74 bits per heavy atom. The molecule has 0 amide bonds. The molecule has 1 unspecified atom stereocenters. The lowest BCUT2D eigenvalue weighted by atomic mass is 10.1. The van der Waals surface area contributed by atoms with Crippen LogP contribution in [0.2, 0.25) is 0 Å². The van der Waals surface area contributed by atoms with Gasteiger partial charge in [0.1, 0.15) is 5.75 Å². The molecular formula is C15H25N3O. The fourth-order valence-corrected chi connectivity index (χ4v) is 2.49. The van der Waals surface area contributed by atoms with Gasteiger partial charge in [-0.3, -0.25) is 4.90 Å². The van der Waals surface area contributed by atoms with Crippen molar-refractivity contribution in [2.24, 2.45) is 5.73 Å². The molecule has 0 spiro atoms. The van der Waals surface area contributed by atoms with Gasteiger partial charge in [0.2, 0.25) is 0 Å². The number of hydrogen-bond donors (Lipinski definition) is 1. The summed E-state index contributed by atoms with van der Waals surface area (Å²) in [6.45, 7) is 7.84. The van der Waals surface area contributed by atoms with Gasteiger partial charge < -0.3 is 15.4 Å². The van der Waals surface area contributed by atoms with Crippen LogP contribution in [0.5, 0.6) is 5.75 Å². The molecule has 106 valence electrons. The first-order valence-electron chi connectivity index (χ1n) is 7.02. The summed E-state index contributed by atoms with van der Waals surface area (Å²) in [5, 5.41) is 0. The SMILES string of the molecule is CC(C)Oc1ccccc1N1CCN(C)C(CN)C1. The highest BCUT2D eigenvalue weighted by Crippen LogP contribution is 2.30. The number of anilines is 1. The zero-order valence-electron chi connectivity index (χ0n) is 12.2. The van der Waals surface area contributed by atoms with Gasteiger partial charge in [-0.2, -0.15) is 0 Å². The molecule has 1 aliphatic heterocycles. The van der Waals surface area contributed by atoms with Crippen LogP contribution in [0.25, 0.3) is 0 Å². The monoisotopic (exact) mass is 263 g/mol. The largest absolute Gasteiger partial charge is 0.489 e. The van der Waals surface area contributed by atoms with Crippen molar-refractivity contribution in [3.8, 4) is 5.75 Å². The molecule has 1 heterocycles. The van der Waals surface area contributed by atoms with Gasteiger partial charge in [0, 0.05) is 32.2 Å². The fraction of sp³-hybridized carbons (Fsp3) is 0.600. The first kappa shape index (κ1) is 14.2. The van der Waals surface area contributed by atoms with E-state index in [0.29, 0.717) is 12.6 Å².